The lowest BCUT2D eigenvalue weighted by atomic mass is 10.0. The normalized spacial score (nSPS) is 11.0. The molecule has 0 aliphatic rings. The van der Waals surface area contributed by atoms with E-state index in [9.17, 15) is 22.8 Å². The van der Waals surface area contributed by atoms with Gasteiger partial charge in [0.05, 0.1) is 0 Å². The average Bonchev–Trinajstić information content (AvgIpc) is 3.01. The molecule has 7 N–H and O–H groups in total. The van der Waals surface area contributed by atoms with Gasteiger partial charge in [-0.2, -0.15) is 13.2 Å². The highest BCUT2D eigenvalue weighted by Crippen LogP contribution is 2.32. The van der Waals surface area contributed by atoms with Crippen LogP contribution in [-0.4, -0.2) is 53.1 Å². The fourth-order valence-corrected chi connectivity index (χ4v) is 3.21. The number of carboxylic acid groups (broad SMARTS) is 1. The van der Waals surface area contributed by atoms with Crippen LogP contribution < -0.4 is 31.4 Å². The third-order valence-electron chi connectivity index (χ3n) is 5.27. The van der Waals surface area contributed by atoms with Crippen molar-refractivity contribution in [3.63, 3.8) is 0 Å². The molecule has 15 heteroatoms. The van der Waals surface area contributed by atoms with E-state index < -0.39 is 30.0 Å². The molecule has 2 amide bonds. The van der Waals surface area contributed by atoms with Crippen molar-refractivity contribution in [3.05, 3.63) is 109 Å². The second-order valence-electron chi connectivity index (χ2n) is 8.46. The quantitative estimate of drug-likeness (QED) is 0.0764. The van der Waals surface area contributed by atoms with Crippen LogP contribution in [0.25, 0.3) is 0 Å². The zero-order chi connectivity index (χ0) is 32.7. The van der Waals surface area contributed by atoms with Crippen molar-refractivity contribution in [2.45, 2.75) is 12.2 Å². The minimum atomic E-state index is -5.08. The Kier molecular flexibility index (Phi) is 12.9. The van der Waals surface area contributed by atoms with Gasteiger partial charge in [-0.05, 0) is 54.1 Å². The highest BCUT2D eigenvalue weighted by molar-refractivity contribution is 5.97. The van der Waals surface area contributed by atoms with Crippen molar-refractivity contribution >= 4 is 29.3 Å². The lowest BCUT2D eigenvalue weighted by Gasteiger charge is -2.22. The van der Waals surface area contributed by atoms with Gasteiger partial charge in [0, 0.05) is 29.2 Å². The number of pyridine rings is 1. The van der Waals surface area contributed by atoms with E-state index in [4.69, 9.17) is 30.5 Å². The number of aromatic nitrogens is 1. The third-order valence-corrected chi connectivity index (χ3v) is 5.27. The van der Waals surface area contributed by atoms with Gasteiger partial charge in [0.1, 0.15) is 25.1 Å². The number of carboxylic acids is 1. The second kappa shape index (κ2) is 16.5. The molecule has 3 rings (SSSR count). The van der Waals surface area contributed by atoms with Crippen LogP contribution in [0.1, 0.15) is 27.5 Å². The number of nitrogen functional groups attached to an aromatic ring is 1. The number of rotatable bonds is 12. The van der Waals surface area contributed by atoms with E-state index in [0.717, 1.165) is 0 Å². The van der Waals surface area contributed by atoms with E-state index in [0.29, 0.717) is 33.9 Å². The second-order valence-corrected chi connectivity index (χ2v) is 8.46. The SMILES string of the molecule is C=CCOc1ccc(C(Nc2ccc(C(=N)N)cc2)C(=O)NNC(=O)c2ccncc2)cc1OCC=C.O=C(O)C(F)(F)F. The Labute approximate surface area is 249 Å². The molecule has 2 aromatic carbocycles. The van der Waals surface area contributed by atoms with Crippen molar-refractivity contribution < 1.29 is 42.1 Å². The van der Waals surface area contributed by atoms with Gasteiger partial charge in [-0.3, -0.25) is 30.8 Å². The standard InChI is InChI=1S/C27H28N6O4.C2HF3O2/c1-3-15-36-22-10-7-20(17-23(22)37-16-4-2)24(31-21-8-5-18(6-9-21)25(28)29)27(35)33-32-26(34)19-11-13-30-14-12-19;3-2(4,5)1(6)7/h3-14,17,24,31H,1-2,15-16H2,(H3,28,29)(H,32,34)(H,33,35);(H,6,7). The number of nitrogens with two attached hydrogens (primary N) is 1. The number of alkyl halides is 3. The Bertz CT molecular complexity index is 1470. The molecule has 0 saturated carbocycles. The Hall–Kier alpha value is -5.86. The number of carbonyl (C=O) groups excluding carboxylic acids is 2. The van der Waals surface area contributed by atoms with E-state index in [2.05, 4.69) is 34.3 Å². The molecule has 1 heterocycles. The zero-order valence-electron chi connectivity index (χ0n) is 23.1. The van der Waals surface area contributed by atoms with Gasteiger partial charge < -0.3 is 25.6 Å². The Morgan fingerprint density at radius 3 is 2.02 bits per heavy atom. The van der Waals surface area contributed by atoms with Crippen LogP contribution in [0.15, 0.2) is 92.3 Å². The lowest BCUT2D eigenvalue weighted by Crippen LogP contribution is -2.45. The summed E-state index contributed by atoms with van der Waals surface area (Å²) in [7, 11) is 0. The number of hydrazine groups is 1. The van der Waals surface area contributed by atoms with E-state index in [1.165, 1.54) is 24.5 Å². The van der Waals surface area contributed by atoms with Crippen molar-refractivity contribution in [1.82, 2.24) is 15.8 Å². The number of amides is 2. The first-order chi connectivity index (χ1) is 20.9. The average molecular weight is 615 g/mol. The van der Waals surface area contributed by atoms with E-state index in [1.54, 1.807) is 54.6 Å². The number of hydrogen-bond donors (Lipinski definition) is 6. The van der Waals surface area contributed by atoms with Crippen LogP contribution in [0.2, 0.25) is 0 Å². The van der Waals surface area contributed by atoms with E-state index >= 15 is 0 Å². The number of amidine groups is 1. The summed E-state index contributed by atoms with van der Waals surface area (Å²) < 4.78 is 43.2. The molecule has 1 unspecified atom stereocenters. The summed E-state index contributed by atoms with van der Waals surface area (Å²) in [5, 5.41) is 17.9. The number of halogens is 3. The first kappa shape index (κ1) is 34.3. The highest BCUT2D eigenvalue weighted by atomic mass is 19.4. The van der Waals surface area contributed by atoms with Gasteiger partial charge >= 0.3 is 12.1 Å². The predicted octanol–water partition coefficient (Wildman–Crippen LogP) is 3.74. The van der Waals surface area contributed by atoms with Gasteiger partial charge in [0.25, 0.3) is 11.8 Å². The van der Waals surface area contributed by atoms with Crippen LogP contribution in [0.3, 0.4) is 0 Å². The molecule has 1 atom stereocenters. The summed E-state index contributed by atoms with van der Waals surface area (Å²) in [4.78, 5) is 38.5. The first-order valence-corrected chi connectivity index (χ1v) is 12.5. The number of carbonyl (C=O) groups is 3. The Morgan fingerprint density at radius 2 is 1.50 bits per heavy atom. The fourth-order valence-electron chi connectivity index (χ4n) is 3.21. The molecule has 0 bridgehead atoms. The van der Waals surface area contributed by atoms with Crippen molar-refractivity contribution in [2.24, 2.45) is 5.73 Å². The fraction of sp³-hybridized carbons (Fsp3) is 0.138. The summed E-state index contributed by atoms with van der Waals surface area (Å²) in [5.74, 6) is -2.98. The van der Waals surface area contributed by atoms with Crippen molar-refractivity contribution in [3.8, 4) is 11.5 Å². The number of aliphatic carboxylic acids is 1. The molecule has 3 aromatic rings. The number of benzene rings is 2. The van der Waals surface area contributed by atoms with E-state index in [-0.39, 0.29) is 19.0 Å². The summed E-state index contributed by atoms with van der Waals surface area (Å²) in [6.45, 7) is 7.82. The maximum Gasteiger partial charge on any atom is 0.490 e. The van der Waals surface area contributed by atoms with Crippen molar-refractivity contribution in [1.29, 1.82) is 5.41 Å². The summed E-state index contributed by atoms with van der Waals surface area (Å²) in [6.07, 6.45) is 1.08. The highest BCUT2D eigenvalue weighted by Gasteiger charge is 2.38. The first-order valence-electron chi connectivity index (χ1n) is 12.5. The minimum Gasteiger partial charge on any atom is -0.486 e. The number of ether oxygens (including phenoxy) is 2. The van der Waals surface area contributed by atoms with Crippen molar-refractivity contribution in [2.75, 3.05) is 18.5 Å². The molecule has 0 saturated heterocycles. The maximum absolute atomic E-state index is 13.3. The maximum atomic E-state index is 13.3. The summed E-state index contributed by atoms with van der Waals surface area (Å²) in [6, 6.07) is 13.9. The van der Waals surface area contributed by atoms with Crippen LogP contribution in [-0.2, 0) is 9.59 Å². The third kappa shape index (κ3) is 10.8. The minimum absolute atomic E-state index is 0.0706. The number of anilines is 1. The molecular weight excluding hydrogens is 585 g/mol. The Morgan fingerprint density at radius 1 is 0.932 bits per heavy atom. The summed E-state index contributed by atoms with van der Waals surface area (Å²) in [5.41, 5.74) is 12.4. The van der Waals surface area contributed by atoms with Crippen LogP contribution in [0, 0.1) is 5.41 Å². The van der Waals surface area contributed by atoms with Gasteiger partial charge in [-0.25, -0.2) is 4.79 Å². The molecule has 232 valence electrons. The number of nitrogens with one attached hydrogen (secondary N) is 4. The molecule has 12 nitrogen and oxygen atoms in total. The van der Waals surface area contributed by atoms with Gasteiger partial charge in [-0.1, -0.05) is 31.4 Å². The molecule has 44 heavy (non-hydrogen) atoms. The van der Waals surface area contributed by atoms with Gasteiger partial charge in [0.15, 0.2) is 11.5 Å². The smallest absolute Gasteiger partial charge is 0.486 e. The molecule has 0 aliphatic carbocycles. The van der Waals surface area contributed by atoms with Crippen LogP contribution in [0.4, 0.5) is 18.9 Å². The number of hydrogen-bond acceptors (Lipinski definition) is 8. The van der Waals surface area contributed by atoms with E-state index in [1.807, 2.05) is 0 Å². The van der Waals surface area contributed by atoms with Crippen LogP contribution >= 0.6 is 0 Å². The lowest BCUT2D eigenvalue weighted by molar-refractivity contribution is -0.192. The Balaban J connectivity index is 0.000000860. The summed E-state index contributed by atoms with van der Waals surface area (Å²) >= 11 is 0. The zero-order valence-corrected chi connectivity index (χ0v) is 23.1. The largest absolute Gasteiger partial charge is 0.490 e. The number of nitrogens with zero attached hydrogens (tertiary/aromatic N) is 1. The predicted molar refractivity (Wildman–Crippen MR) is 155 cm³/mol. The van der Waals surface area contributed by atoms with Crippen LogP contribution in [0.5, 0.6) is 11.5 Å². The molecule has 0 spiro atoms. The monoisotopic (exact) mass is 614 g/mol. The van der Waals surface area contributed by atoms with Gasteiger partial charge in [-0.15, -0.1) is 0 Å². The molecule has 1 aromatic heterocycles. The van der Waals surface area contributed by atoms with Gasteiger partial charge in [0.2, 0.25) is 0 Å². The molecule has 0 fully saturated rings. The molecule has 0 radical (unpaired) electrons. The molecule has 0 aliphatic heterocycles. The molecular formula is C29H29F3N6O6. The topological polar surface area (TPSA) is 189 Å².